The van der Waals surface area contributed by atoms with E-state index in [2.05, 4.69) is 16.7 Å². The lowest BCUT2D eigenvalue weighted by atomic mass is 9.96. The molecular weight excluding hydrogens is 222 g/mol. The number of nitrogens with zero attached hydrogens (tertiary/aromatic N) is 2. The lowest BCUT2D eigenvalue weighted by molar-refractivity contribution is 0.0815. The molecule has 1 atom stereocenters. The monoisotopic (exact) mass is 251 g/mol. The Morgan fingerprint density at radius 1 is 1.00 bits per heavy atom. The Morgan fingerprint density at radius 2 is 1.61 bits per heavy atom. The molecule has 3 aliphatic rings. The molecule has 3 rings (SSSR count). The third-order valence-electron chi connectivity index (χ3n) is 5.32. The molecule has 1 unspecified atom stereocenters. The van der Waals surface area contributed by atoms with Crippen molar-refractivity contribution in [2.75, 3.05) is 32.7 Å². The van der Waals surface area contributed by atoms with Crippen LogP contribution in [0.25, 0.3) is 0 Å². The highest BCUT2D eigenvalue weighted by Crippen LogP contribution is 2.38. The van der Waals surface area contributed by atoms with Gasteiger partial charge in [0, 0.05) is 44.3 Å². The van der Waals surface area contributed by atoms with Crippen LogP contribution in [-0.2, 0) is 0 Å². The van der Waals surface area contributed by atoms with Crippen LogP contribution in [0.5, 0.6) is 0 Å². The largest absolute Gasteiger partial charge is 0.324 e. The van der Waals surface area contributed by atoms with Gasteiger partial charge in [0.2, 0.25) is 0 Å². The molecule has 18 heavy (non-hydrogen) atoms. The SMILES string of the molecule is CC(N)(CN1CCN(C2CCCC2)CC1)C1CC1. The van der Waals surface area contributed by atoms with E-state index in [4.69, 9.17) is 5.73 Å². The fraction of sp³-hybridized carbons (Fsp3) is 1.00. The highest BCUT2D eigenvalue weighted by molar-refractivity contribution is 4.98. The second kappa shape index (κ2) is 5.10. The fourth-order valence-corrected chi connectivity index (χ4v) is 3.91. The molecule has 3 fully saturated rings. The molecule has 0 bridgehead atoms. The lowest BCUT2D eigenvalue weighted by Gasteiger charge is -2.41. The third kappa shape index (κ3) is 2.89. The maximum Gasteiger partial charge on any atom is 0.0283 e. The summed E-state index contributed by atoms with van der Waals surface area (Å²) in [7, 11) is 0. The Labute approximate surface area is 112 Å². The van der Waals surface area contributed by atoms with Gasteiger partial charge in [0.25, 0.3) is 0 Å². The molecule has 2 N–H and O–H groups in total. The smallest absolute Gasteiger partial charge is 0.0283 e. The van der Waals surface area contributed by atoms with Gasteiger partial charge in [0.1, 0.15) is 0 Å². The average molecular weight is 251 g/mol. The number of nitrogens with two attached hydrogens (primary N) is 1. The van der Waals surface area contributed by atoms with Gasteiger partial charge in [-0.1, -0.05) is 12.8 Å². The molecule has 1 aliphatic heterocycles. The molecule has 0 amide bonds. The molecule has 0 aromatic carbocycles. The third-order valence-corrected chi connectivity index (χ3v) is 5.32. The zero-order valence-electron chi connectivity index (χ0n) is 11.9. The summed E-state index contributed by atoms with van der Waals surface area (Å²) in [4.78, 5) is 5.33. The van der Waals surface area contributed by atoms with Crippen LogP contribution in [0, 0.1) is 5.92 Å². The van der Waals surface area contributed by atoms with E-state index in [0.29, 0.717) is 0 Å². The lowest BCUT2D eigenvalue weighted by Crippen LogP contribution is -2.56. The van der Waals surface area contributed by atoms with Gasteiger partial charge in [-0.25, -0.2) is 0 Å². The summed E-state index contributed by atoms with van der Waals surface area (Å²) in [6, 6.07) is 0.903. The van der Waals surface area contributed by atoms with E-state index in [1.165, 1.54) is 64.7 Å². The van der Waals surface area contributed by atoms with Crippen LogP contribution in [0.2, 0.25) is 0 Å². The minimum Gasteiger partial charge on any atom is -0.324 e. The molecule has 0 spiro atoms. The summed E-state index contributed by atoms with van der Waals surface area (Å²) in [5, 5.41) is 0. The highest BCUT2D eigenvalue weighted by atomic mass is 15.3. The Morgan fingerprint density at radius 3 is 2.17 bits per heavy atom. The van der Waals surface area contributed by atoms with Gasteiger partial charge in [-0.15, -0.1) is 0 Å². The molecule has 104 valence electrons. The summed E-state index contributed by atoms with van der Waals surface area (Å²) in [5.41, 5.74) is 6.52. The normalized spacial score (nSPS) is 31.7. The highest BCUT2D eigenvalue weighted by Gasteiger charge is 2.40. The summed E-state index contributed by atoms with van der Waals surface area (Å²) < 4.78 is 0. The number of hydrogen-bond acceptors (Lipinski definition) is 3. The van der Waals surface area contributed by atoms with E-state index in [9.17, 15) is 0 Å². The Kier molecular flexibility index (Phi) is 3.65. The first-order chi connectivity index (χ1) is 8.65. The number of hydrogen-bond donors (Lipinski definition) is 1. The van der Waals surface area contributed by atoms with E-state index >= 15 is 0 Å². The van der Waals surface area contributed by atoms with Gasteiger partial charge in [-0.2, -0.15) is 0 Å². The summed E-state index contributed by atoms with van der Waals surface area (Å²) >= 11 is 0. The molecule has 0 radical (unpaired) electrons. The maximum atomic E-state index is 6.45. The second-order valence-corrected chi connectivity index (χ2v) is 7.03. The molecule has 3 nitrogen and oxygen atoms in total. The van der Waals surface area contributed by atoms with Crippen LogP contribution in [0.4, 0.5) is 0 Å². The standard InChI is InChI=1S/C15H29N3/c1-15(16,13-6-7-13)12-17-8-10-18(11-9-17)14-4-2-3-5-14/h13-14H,2-12,16H2,1H3. The Balaban J connectivity index is 1.44. The minimum absolute atomic E-state index is 0.0650. The molecule has 0 aromatic rings. The molecule has 0 aromatic heterocycles. The maximum absolute atomic E-state index is 6.45. The topological polar surface area (TPSA) is 32.5 Å². The van der Waals surface area contributed by atoms with E-state index < -0.39 is 0 Å². The van der Waals surface area contributed by atoms with Crippen molar-refractivity contribution in [3.63, 3.8) is 0 Å². The molecular formula is C15H29N3. The Bertz CT molecular complexity index is 271. The predicted molar refractivity (Wildman–Crippen MR) is 75.6 cm³/mol. The Hall–Kier alpha value is -0.120. The first kappa shape index (κ1) is 12.9. The van der Waals surface area contributed by atoms with E-state index in [1.807, 2.05) is 0 Å². The van der Waals surface area contributed by atoms with Crippen molar-refractivity contribution in [2.45, 2.75) is 57.0 Å². The summed E-state index contributed by atoms with van der Waals surface area (Å²) in [5.74, 6) is 0.797. The van der Waals surface area contributed by atoms with Crippen molar-refractivity contribution in [1.29, 1.82) is 0 Å². The fourth-order valence-electron chi connectivity index (χ4n) is 3.91. The van der Waals surface area contributed by atoms with E-state index in [1.54, 1.807) is 0 Å². The molecule has 2 aliphatic carbocycles. The van der Waals surface area contributed by atoms with Crippen molar-refractivity contribution < 1.29 is 0 Å². The molecule has 2 saturated carbocycles. The van der Waals surface area contributed by atoms with Crippen molar-refractivity contribution in [3.05, 3.63) is 0 Å². The van der Waals surface area contributed by atoms with Crippen molar-refractivity contribution in [2.24, 2.45) is 11.7 Å². The van der Waals surface area contributed by atoms with Crippen molar-refractivity contribution in [1.82, 2.24) is 9.80 Å². The van der Waals surface area contributed by atoms with Crippen molar-refractivity contribution in [3.8, 4) is 0 Å². The van der Waals surface area contributed by atoms with Crippen LogP contribution in [-0.4, -0.2) is 54.1 Å². The van der Waals surface area contributed by atoms with E-state index in [-0.39, 0.29) is 5.54 Å². The van der Waals surface area contributed by atoms with Gasteiger partial charge in [-0.05, 0) is 38.5 Å². The van der Waals surface area contributed by atoms with Gasteiger partial charge in [-0.3, -0.25) is 9.80 Å². The quantitative estimate of drug-likeness (QED) is 0.825. The van der Waals surface area contributed by atoms with Crippen LogP contribution in [0.1, 0.15) is 45.4 Å². The number of piperazine rings is 1. The summed E-state index contributed by atoms with van der Waals surface area (Å²) in [6.45, 7) is 8.37. The van der Waals surface area contributed by atoms with Crippen LogP contribution >= 0.6 is 0 Å². The minimum atomic E-state index is 0.0650. The van der Waals surface area contributed by atoms with Gasteiger partial charge in [0.05, 0.1) is 0 Å². The zero-order chi connectivity index (χ0) is 12.6. The second-order valence-electron chi connectivity index (χ2n) is 7.03. The predicted octanol–water partition coefficient (Wildman–Crippen LogP) is 1.67. The first-order valence-corrected chi connectivity index (χ1v) is 7.90. The van der Waals surface area contributed by atoms with Crippen molar-refractivity contribution >= 4 is 0 Å². The summed E-state index contributed by atoms with van der Waals surface area (Å²) in [6.07, 6.45) is 8.50. The van der Waals surface area contributed by atoms with Crippen LogP contribution < -0.4 is 5.73 Å². The van der Waals surface area contributed by atoms with E-state index in [0.717, 1.165) is 18.5 Å². The molecule has 3 heteroatoms. The molecule has 1 heterocycles. The average Bonchev–Trinajstić information content (AvgIpc) is 3.08. The first-order valence-electron chi connectivity index (χ1n) is 7.90. The zero-order valence-corrected chi connectivity index (χ0v) is 11.9. The number of rotatable bonds is 4. The van der Waals surface area contributed by atoms with Gasteiger partial charge >= 0.3 is 0 Å². The van der Waals surface area contributed by atoms with Crippen LogP contribution in [0.3, 0.4) is 0 Å². The van der Waals surface area contributed by atoms with Crippen LogP contribution in [0.15, 0.2) is 0 Å². The molecule has 1 saturated heterocycles. The van der Waals surface area contributed by atoms with Gasteiger partial charge < -0.3 is 5.73 Å². The van der Waals surface area contributed by atoms with Gasteiger partial charge in [0.15, 0.2) is 0 Å².